The third-order valence-electron chi connectivity index (χ3n) is 4.26. The summed E-state index contributed by atoms with van der Waals surface area (Å²) < 4.78 is 7.73. The summed E-state index contributed by atoms with van der Waals surface area (Å²) in [6.07, 6.45) is 7.17. The van der Waals surface area contributed by atoms with Gasteiger partial charge in [0, 0.05) is 37.5 Å². The number of carbonyl (C=O) groups is 1. The number of hydrogen-bond acceptors (Lipinski definition) is 3. The summed E-state index contributed by atoms with van der Waals surface area (Å²) in [7, 11) is 0. The average molecular weight is 316 g/mol. The van der Waals surface area contributed by atoms with E-state index < -0.39 is 0 Å². The molecule has 2 N–H and O–H groups in total. The van der Waals surface area contributed by atoms with E-state index in [1.54, 1.807) is 12.5 Å². The molecule has 1 aliphatic carbocycles. The molecule has 2 aromatic heterocycles. The molecule has 6 heteroatoms. The van der Waals surface area contributed by atoms with Crippen LogP contribution in [0.3, 0.4) is 0 Å². The summed E-state index contributed by atoms with van der Waals surface area (Å²) in [5.74, 6) is 1.91. The van der Waals surface area contributed by atoms with E-state index in [0.717, 1.165) is 29.9 Å². The molecule has 124 valence electrons. The van der Waals surface area contributed by atoms with Gasteiger partial charge in [0.2, 0.25) is 0 Å². The molecule has 1 aliphatic rings. The molecule has 0 fully saturated rings. The second-order valence-corrected chi connectivity index (χ2v) is 7.03. The number of carbonyl (C=O) groups excluding carboxylic acids is 1. The first-order valence-electron chi connectivity index (χ1n) is 8.02. The van der Waals surface area contributed by atoms with Crippen LogP contribution in [0.15, 0.2) is 29.2 Å². The fourth-order valence-electron chi connectivity index (χ4n) is 3.24. The number of aryl methyl sites for hydroxylation is 1. The molecule has 0 saturated heterocycles. The van der Waals surface area contributed by atoms with Crippen molar-refractivity contribution in [3.8, 4) is 0 Å². The van der Waals surface area contributed by atoms with Gasteiger partial charge in [0.25, 0.3) is 0 Å². The van der Waals surface area contributed by atoms with Crippen LogP contribution in [-0.4, -0.2) is 22.1 Å². The van der Waals surface area contributed by atoms with Crippen molar-refractivity contribution in [3.05, 3.63) is 41.9 Å². The van der Waals surface area contributed by atoms with Gasteiger partial charge in [-0.2, -0.15) is 0 Å². The highest BCUT2D eigenvalue weighted by Gasteiger charge is 2.35. The lowest BCUT2D eigenvalue weighted by Gasteiger charge is -2.34. The van der Waals surface area contributed by atoms with Gasteiger partial charge >= 0.3 is 6.03 Å². The minimum Gasteiger partial charge on any atom is -0.466 e. The standard InChI is InChI=1S/C17H24N4O2/c1-12-8-13-14(9-17(2,3)10-15(13)23-12)20-16(22)19-5-7-21-6-4-18-11-21/h4,6,8,11,14H,5,7,9-10H2,1-3H3,(H2,19,20,22)/t14-/m0/s1. The van der Waals surface area contributed by atoms with Crippen LogP contribution >= 0.6 is 0 Å². The van der Waals surface area contributed by atoms with Gasteiger partial charge < -0.3 is 19.6 Å². The van der Waals surface area contributed by atoms with Crippen molar-refractivity contribution in [2.45, 2.75) is 46.2 Å². The second-order valence-electron chi connectivity index (χ2n) is 7.03. The minimum atomic E-state index is -0.141. The first-order valence-corrected chi connectivity index (χ1v) is 8.02. The molecule has 6 nitrogen and oxygen atoms in total. The Bertz CT molecular complexity index is 673. The Labute approximate surface area is 136 Å². The normalized spacial score (nSPS) is 19.2. The molecular weight excluding hydrogens is 292 g/mol. The molecule has 23 heavy (non-hydrogen) atoms. The third kappa shape index (κ3) is 3.75. The number of furan rings is 1. The Kier molecular flexibility index (Phi) is 4.15. The number of rotatable bonds is 4. The van der Waals surface area contributed by atoms with Gasteiger partial charge in [0.1, 0.15) is 11.5 Å². The van der Waals surface area contributed by atoms with Gasteiger partial charge in [0.05, 0.1) is 12.4 Å². The molecule has 0 radical (unpaired) electrons. The van der Waals surface area contributed by atoms with Crippen molar-refractivity contribution in [2.24, 2.45) is 5.41 Å². The average Bonchev–Trinajstić information content (AvgIpc) is 3.06. The lowest BCUT2D eigenvalue weighted by molar-refractivity contribution is 0.214. The number of nitrogens with zero attached hydrogens (tertiary/aromatic N) is 2. The number of hydrogen-bond donors (Lipinski definition) is 2. The number of fused-ring (bicyclic) bond motifs is 1. The van der Waals surface area contributed by atoms with Gasteiger partial charge in [0.15, 0.2) is 0 Å². The smallest absolute Gasteiger partial charge is 0.315 e. The van der Waals surface area contributed by atoms with Crippen LogP contribution < -0.4 is 10.6 Å². The molecule has 1 atom stereocenters. The van der Waals surface area contributed by atoms with Gasteiger partial charge in [-0.1, -0.05) is 13.8 Å². The highest BCUT2D eigenvalue weighted by atomic mass is 16.3. The maximum absolute atomic E-state index is 12.2. The molecule has 0 aliphatic heterocycles. The topological polar surface area (TPSA) is 72.1 Å². The van der Waals surface area contributed by atoms with E-state index in [-0.39, 0.29) is 17.5 Å². The lowest BCUT2D eigenvalue weighted by atomic mass is 9.75. The van der Waals surface area contributed by atoms with Crippen LogP contribution in [0.1, 0.15) is 43.4 Å². The summed E-state index contributed by atoms with van der Waals surface area (Å²) in [5, 5.41) is 5.99. The van der Waals surface area contributed by atoms with E-state index in [2.05, 4.69) is 29.5 Å². The molecule has 3 rings (SSSR count). The Hall–Kier alpha value is -2.24. The SMILES string of the molecule is Cc1cc2c(o1)CC(C)(C)C[C@@H]2NC(=O)NCCn1ccnc1. The van der Waals surface area contributed by atoms with Crippen molar-refractivity contribution in [1.29, 1.82) is 0 Å². The first-order chi connectivity index (χ1) is 10.9. The first kappa shape index (κ1) is 15.6. The molecule has 0 unspecified atom stereocenters. The molecule has 0 saturated carbocycles. The van der Waals surface area contributed by atoms with Gasteiger partial charge in [-0.3, -0.25) is 0 Å². The Morgan fingerprint density at radius 1 is 1.52 bits per heavy atom. The predicted octanol–water partition coefficient (Wildman–Crippen LogP) is 2.80. The Balaban J connectivity index is 1.59. The fourth-order valence-corrected chi connectivity index (χ4v) is 3.24. The zero-order valence-corrected chi connectivity index (χ0v) is 13.9. The van der Waals surface area contributed by atoms with Crippen molar-refractivity contribution < 1.29 is 9.21 Å². The van der Waals surface area contributed by atoms with E-state index in [0.29, 0.717) is 13.1 Å². The Morgan fingerprint density at radius 3 is 3.09 bits per heavy atom. The highest BCUT2D eigenvalue weighted by Crippen LogP contribution is 2.41. The number of nitrogens with one attached hydrogen (secondary N) is 2. The maximum Gasteiger partial charge on any atom is 0.315 e. The van der Waals surface area contributed by atoms with E-state index >= 15 is 0 Å². The van der Waals surface area contributed by atoms with Crippen molar-refractivity contribution in [3.63, 3.8) is 0 Å². The summed E-state index contributed by atoms with van der Waals surface area (Å²) in [6, 6.07) is 1.90. The number of urea groups is 1. The van der Waals surface area contributed by atoms with Crippen LogP contribution in [0.2, 0.25) is 0 Å². The number of imidazole rings is 1. The summed E-state index contributed by atoms with van der Waals surface area (Å²) >= 11 is 0. The second kappa shape index (κ2) is 6.10. The summed E-state index contributed by atoms with van der Waals surface area (Å²) in [6.45, 7) is 7.64. The zero-order chi connectivity index (χ0) is 16.4. The zero-order valence-electron chi connectivity index (χ0n) is 13.9. The molecule has 2 heterocycles. The van der Waals surface area contributed by atoms with Crippen LogP contribution in [0, 0.1) is 12.3 Å². The molecule has 0 spiro atoms. The highest BCUT2D eigenvalue weighted by molar-refractivity contribution is 5.74. The fraction of sp³-hybridized carbons (Fsp3) is 0.529. The Morgan fingerprint density at radius 2 is 2.35 bits per heavy atom. The largest absolute Gasteiger partial charge is 0.466 e. The van der Waals surface area contributed by atoms with Crippen molar-refractivity contribution in [2.75, 3.05) is 6.54 Å². The number of aromatic nitrogens is 2. The van der Waals surface area contributed by atoms with Crippen LogP contribution in [0.5, 0.6) is 0 Å². The lowest BCUT2D eigenvalue weighted by Crippen LogP contribution is -2.42. The maximum atomic E-state index is 12.2. The molecule has 2 aromatic rings. The molecule has 0 bridgehead atoms. The predicted molar refractivity (Wildman–Crippen MR) is 87.0 cm³/mol. The monoisotopic (exact) mass is 316 g/mol. The minimum absolute atomic E-state index is 0.000514. The van der Waals surface area contributed by atoms with Crippen molar-refractivity contribution in [1.82, 2.24) is 20.2 Å². The van der Waals surface area contributed by atoms with Gasteiger partial charge in [-0.15, -0.1) is 0 Å². The van der Waals surface area contributed by atoms with Crippen molar-refractivity contribution >= 4 is 6.03 Å². The van der Waals surface area contributed by atoms with Gasteiger partial charge in [-0.05, 0) is 24.8 Å². The van der Waals surface area contributed by atoms with Gasteiger partial charge in [-0.25, -0.2) is 9.78 Å². The number of amides is 2. The molecule has 0 aromatic carbocycles. The van der Waals surface area contributed by atoms with Crippen LogP contribution in [0.4, 0.5) is 4.79 Å². The summed E-state index contributed by atoms with van der Waals surface area (Å²) in [4.78, 5) is 16.2. The van der Waals surface area contributed by atoms with Crippen LogP contribution in [-0.2, 0) is 13.0 Å². The van der Waals surface area contributed by atoms with E-state index in [1.807, 2.05) is 23.8 Å². The quantitative estimate of drug-likeness (QED) is 0.911. The molecular formula is C17H24N4O2. The third-order valence-corrected chi connectivity index (χ3v) is 4.26. The van der Waals surface area contributed by atoms with Crippen LogP contribution in [0.25, 0.3) is 0 Å². The van der Waals surface area contributed by atoms with E-state index in [9.17, 15) is 4.79 Å². The van der Waals surface area contributed by atoms with E-state index in [1.165, 1.54) is 0 Å². The summed E-state index contributed by atoms with van der Waals surface area (Å²) in [5.41, 5.74) is 1.23. The van der Waals surface area contributed by atoms with E-state index in [4.69, 9.17) is 4.42 Å². The molecule has 2 amide bonds.